The lowest BCUT2D eigenvalue weighted by Crippen LogP contribution is -2.42. The van der Waals surface area contributed by atoms with E-state index >= 15 is 0 Å². The first-order valence-electron chi connectivity index (χ1n) is 7.38. The number of nitrogens with zero attached hydrogens (tertiary/aromatic N) is 1. The molecule has 4 heteroatoms. The fourth-order valence-corrected chi connectivity index (χ4v) is 2.60. The van der Waals surface area contributed by atoms with Gasteiger partial charge in [0.15, 0.2) is 0 Å². The lowest BCUT2D eigenvalue weighted by molar-refractivity contribution is -0.122. The third-order valence-corrected chi connectivity index (χ3v) is 3.77. The van der Waals surface area contributed by atoms with Crippen LogP contribution in [0.3, 0.4) is 0 Å². The fourth-order valence-electron chi connectivity index (χ4n) is 2.60. The van der Waals surface area contributed by atoms with Crippen LogP contribution in [0.2, 0.25) is 0 Å². The monoisotopic (exact) mass is 255 g/mol. The van der Waals surface area contributed by atoms with Gasteiger partial charge in [0.05, 0.1) is 0 Å². The SMILES string of the molecule is CCN(CC)CC(C)NC(=O)CC1CCNCC1. The summed E-state index contributed by atoms with van der Waals surface area (Å²) in [5.41, 5.74) is 0. The summed E-state index contributed by atoms with van der Waals surface area (Å²) in [7, 11) is 0. The van der Waals surface area contributed by atoms with Crippen LogP contribution in [-0.4, -0.2) is 49.6 Å². The molecule has 2 N–H and O–H groups in total. The molecule has 0 saturated carbocycles. The van der Waals surface area contributed by atoms with Gasteiger partial charge in [0.1, 0.15) is 0 Å². The highest BCUT2D eigenvalue weighted by Crippen LogP contribution is 2.15. The van der Waals surface area contributed by atoms with Gasteiger partial charge in [-0.2, -0.15) is 0 Å². The van der Waals surface area contributed by atoms with Crippen molar-refractivity contribution in [3.05, 3.63) is 0 Å². The van der Waals surface area contributed by atoms with Gasteiger partial charge < -0.3 is 15.5 Å². The summed E-state index contributed by atoms with van der Waals surface area (Å²) in [4.78, 5) is 14.3. The Morgan fingerprint density at radius 1 is 1.33 bits per heavy atom. The predicted molar refractivity (Wildman–Crippen MR) is 75.6 cm³/mol. The molecule has 1 aliphatic heterocycles. The Balaban J connectivity index is 2.21. The second-order valence-electron chi connectivity index (χ2n) is 5.35. The third-order valence-electron chi connectivity index (χ3n) is 3.77. The van der Waals surface area contributed by atoms with Crippen molar-refractivity contribution in [2.75, 3.05) is 32.7 Å². The van der Waals surface area contributed by atoms with Crippen LogP contribution in [-0.2, 0) is 4.79 Å². The minimum Gasteiger partial charge on any atom is -0.352 e. The Bertz CT molecular complexity index is 235. The Morgan fingerprint density at radius 2 is 1.94 bits per heavy atom. The van der Waals surface area contributed by atoms with Gasteiger partial charge >= 0.3 is 0 Å². The molecule has 4 nitrogen and oxygen atoms in total. The average Bonchev–Trinajstić information content (AvgIpc) is 2.36. The molecule has 0 radical (unpaired) electrons. The van der Waals surface area contributed by atoms with Crippen LogP contribution in [0.25, 0.3) is 0 Å². The molecule has 1 amide bonds. The number of hydrogen-bond acceptors (Lipinski definition) is 3. The quantitative estimate of drug-likeness (QED) is 0.719. The van der Waals surface area contributed by atoms with Crippen molar-refractivity contribution in [3.63, 3.8) is 0 Å². The van der Waals surface area contributed by atoms with Gasteiger partial charge in [-0.05, 0) is 51.9 Å². The van der Waals surface area contributed by atoms with Crippen LogP contribution in [0.4, 0.5) is 0 Å². The number of carbonyl (C=O) groups excluding carboxylic acids is 1. The van der Waals surface area contributed by atoms with Crippen LogP contribution in [0.5, 0.6) is 0 Å². The molecule has 0 aromatic carbocycles. The standard InChI is InChI=1S/C14H29N3O/c1-4-17(5-2)11-12(3)16-14(18)10-13-6-8-15-9-7-13/h12-13,15H,4-11H2,1-3H3,(H,16,18). The molecule has 1 rings (SSSR count). The minimum atomic E-state index is 0.224. The number of hydrogen-bond donors (Lipinski definition) is 2. The zero-order chi connectivity index (χ0) is 13.4. The molecule has 0 aliphatic carbocycles. The van der Waals surface area contributed by atoms with E-state index in [4.69, 9.17) is 0 Å². The van der Waals surface area contributed by atoms with Crippen molar-refractivity contribution in [2.24, 2.45) is 5.92 Å². The van der Waals surface area contributed by atoms with E-state index in [1.807, 2.05) is 0 Å². The molecule has 1 unspecified atom stereocenters. The molecule has 0 spiro atoms. The van der Waals surface area contributed by atoms with E-state index in [2.05, 4.69) is 36.3 Å². The van der Waals surface area contributed by atoms with E-state index in [1.54, 1.807) is 0 Å². The van der Waals surface area contributed by atoms with Crippen molar-refractivity contribution in [3.8, 4) is 0 Å². The first kappa shape index (κ1) is 15.4. The molecule has 0 bridgehead atoms. The molecular weight excluding hydrogens is 226 g/mol. The summed E-state index contributed by atoms with van der Waals surface area (Å²) in [6.07, 6.45) is 2.97. The normalized spacial score (nSPS) is 18.9. The topological polar surface area (TPSA) is 44.4 Å². The van der Waals surface area contributed by atoms with Gasteiger partial charge in [0.2, 0.25) is 5.91 Å². The lowest BCUT2D eigenvalue weighted by atomic mass is 9.94. The Kier molecular flexibility index (Phi) is 7.28. The highest BCUT2D eigenvalue weighted by molar-refractivity contribution is 5.76. The second kappa shape index (κ2) is 8.48. The number of carbonyl (C=O) groups is 1. The molecular formula is C14H29N3O. The molecule has 1 saturated heterocycles. The minimum absolute atomic E-state index is 0.224. The third kappa shape index (κ3) is 5.83. The second-order valence-corrected chi connectivity index (χ2v) is 5.35. The summed E-state index contributed by atoms with van der Waals surface area (Å²) in [6, 6.07) is 0.249. The summed E-state index contributed by atoms with van der Waals surface area (Å²) in [5, 5.41) is 6.46. The maximum atomic E-state index is 11.9. The van der Waals surface area contributed by atoms with E-state index in [-0.39, 0.29) is 11.9 Å². The molecule has 1 heterocycles. The average molecular weight is 255 g/mol. The number of amides is 1. The predicted octanol–water partition coefficient (Wildman–Crippen LogP) is 1.22. The molecule has 1 fully saturated rings. The zero-order valence-corrected chi connectivity index (χ0v) is 12.2. The number of piperidine rings is 1. The van der Waals surface area contributed by atoms with Gasteiger partial charge in [-0.1, -0.05) is 13.8 Å². The van der Waals surface area contributed by atoms with Gasteiger partial charge in [-0.15, -0.1) is 0 Å². The summed E-state index contributed by atoms with van der Waals surface area (Å²) in [5.74, 6) is 0.799. The highest BCUT2D eigenvalue weighted by Gasteiger charge is 2.18. The van der Waals surface area contributed by atoms with E-state index in [9.17, 15) is 4.79 Å². The molecule has 18 heavy (non-hydrogen) atoms. The smallest absolute Gasteiger partial charge is 0.220 e. The van der Waals surface area contributed by atoms with E-state index < -0.39 is 0 Å². The Morgan fingerprint density at radius 3 is 2.50 bits per heavy atom. The van der Waals surface area contributed by atoms with E-state index in [1.165, 1.54) is 0 Å². The van der Waals surface area contributed by atoms with Crippen molar-refractivity contribution in [2.45, 2.75) is 46.1 Å². The Labute approximate surface area is 111 Å². The maximum Gasteiger partial charge on any atom is 0.220 e. The molecule has 1 atom stereocenters. The first-order chi connectivity index (χ1) is 8.65. The van der Waals surface area contributed by atoms with Crippen molar-refractivity contribution < 1.29 is 4.79 Å². The van der Waals surface area contributed by atoms with Crippen molar-refractivity contribution in [1.82, 2.24) is 15.5 Å². The van der Waals surface area contributed by atoms with Crippen molar-refractivity contribution in [1.29, 1.82) is 0 Å². The van der Waals surface area contributed by atoms with Crippen LogP contribution in [0.15, 0.2) is 0 Å². The first-order valence-corrected chi connectivity index (χ1v) is 7.38. The van der Waals surface area contributed by atoms with E-state index in [0.29, 0.717) is 12.3 Å². The molecule has 0 aromatic rings. The molecule has 106 valence electrons. The highest BCUT2D eigenvalue weighted by atomic mass is 16.1. The van der Waals surface area contributed by atoms with Crippen LogP contribution < -0.4 is 10.6 Å². The van der Waals surface area contributed by atoms with E-state index in [0.717, 1.165) is 45.6 Å². The number of rotatable bonds is 7. The number of nitrogens with one attached hydrogen (secondary N) is 2. The Hall–Kier alpha value is -0.610. The van der Waals surface area contributed by atoms with Crippen LogP contribution in [0.1, 0.15) is 40.0 Å². The van der Waals surface area contributed by atoms with Crippen molar-refractivity contribution >= 4 is 5.91 Å². The van der Waals surface area contributed by atoms with Crippen LogP contribution in [0, 0.1) is 5.92 Å². The number of likely N-dealkylation sites (N-methyl/N-ethyl adjacent to an activating group) is 1. The summed E-state index contributed by atoms with van der Waals surface area (Å²) >= 11 is 0. The zero-order valence-electron chi connectivity index (χ0n) is 12.2. The van der Waals surface area contributed by atoms with Gasteiger partial charge in [0.25, 0.3) is 0 Å². The summed E-state index contributed by atoms with van der Waals surface area (Å²) < 4.78 is 0. The lowest BCUT2D eigenvalue weighted by Gasteiger charge is -2.25. The van der Waals surface area contributed by atoms with Crippen LogP contribution >= 0.6 is 0 Å². The fraction of sp³-hybridized carbons (Fsp3) is 0.929. The van der Waals surface area contributed by atoms with Gasteiger partial charge in [-0.3, -0.25) is 4.79 Å². The maximum absolute atomic E-state index is 11.9. The van der Waals surface area contributed by atoms with Gasteiger partial charge in [-0.25, -0.2) is 0 Å². The molecule has 1 aliphatic rings. The summed E-state index contributed by atoms with van der Waals surface area (Å²) in [6.45, 7) is 11.6. The van der Waals surface area contributed by atoms with Gasteiger partial charge in [0, 0.05) is 19.0 Å². The largest absolute Gasteiger partial charge is 0.352 e. The molecule has 0 aromatic heterocycles.